The summed E-state index contributed by atoms with van der Waals surface area (Å²) in [6, 6.07) is 0.184. The number of hydrazine groups is 1. The maximum Gasteiger partial charge on any atom is 0.221 e. The highest BCUT2D eigenvalue weighted by Crippen LogP contribution is 1.91. The van der Waals surface area contributed by atoms with E-state index < -0.39 is 0 Å². The Labute approximate surface area is 86.0 Å². The quantitative estimate of drug-likeness (QED) is 0.498. The van der Waals surface area contributed by atoms with Gasteiger partial charge in [0.05, 0.1) is 0 Å². The van der Waals surface area contributed by atoms with Gasteiger partial charge in [-0.3, -0.25) is 15.2 Å². The molecule has 0 fully saturated rings. The van der Waals surface area contributed by atoms with Crippen LogP contribution in [0.25, 0.3) is 0 Å². The van der Waals surface area contributed by atoms with Crippen molar-refractivity contribution in [2.45, 2.75) is 32.4 Å². The smallest absolute Gasteiger partial charge is 0.221 e. The summed E-state index contributed by atoms with van der Waals surface area (Å²) < 4.78 is 0. The zero-order chi connectivity index (χ0) is 11.1. The highest BCUT2D eigenvalue weighted by Gasteiger charge is 2.12. The monoisotopic (exact) mass is 202 g/mol. The fourth-order valence-electron chi connectivity index (χ4n) is 1.15. The van der Waals surface area contributed by atoms with E-state index in [9.17, 15) is 4.79 Å². The lowest BCUT2D eigenvalue weighted by atomic mass is 10.2. The Kier molecular flexibility index (Phi) is 6.44. The van der Waals surface area contributed by atoms with Crippen molar-refractivity contribution in [1.29, 1.82) is 0 Å². The average Bonchev–Trinajstić information content (AvgIpc) is 2.00. The summed E-state index contributed by atoms with van der Waals surface area (Å²) >= 11 is 0. The molecule has 0 aromatic heterocycles. The van der Waals surface area contributed by atoms with Gasteiger partial charge in [-0.1, -0.05) is 0 Å². The van der Waals surface area contributed by atoms with Gasteiger partial charge >= 0.3 is 0 Å². The van der Waals surface area contributed by atoms with E-state index in [1.54, 1.807) is 5.01 Å². The van der Waals surface area contributed by atoms with Crippen LogP contribution in [-0.2, 0) is 4.79 Å². The molecular weight excluding hydrogens is 180 g/mol. The van der Waals surface area contributed by atoms with Crippen LogP contribution in [0.3, 0.4) is 0 Å². The zero-order valence-electron chi connectivity index (χ0n) is 9.50. The van der Waals surface area contributed by atoms with Crippen LogP contribution in [0.4, 0.5) is 0 Å². The number of nitrogens with zero attached hydrogens (tertiary/aromatic N) is 1. The minimum absolute atomic E-state index is 0.00347. The molecule has 0 aliphatic heterocycles. The summed E-state index contributed by atoms with van der Waals surface area (Å²) in [6.07, 6.45) is 0.410. The van der Waals surface area contributed by atoms with Gasteiger partial charge in [0, 0.05) is 39.1 Å². The van der Waals surface area contributed by atoms with Crippen LogP contribution >= 0.6 is 0 Å². The van der Waals surface area contributed by atoms with Crippen molar-refractivity contribution in [1.82, 2.24) is 15.8 Å². The molecule has 1 amide bonds. The number of nitrogens with two attached hydrogens (primary N) is 1. The topological polar surface area (TPSA) is 70.4 Å². The lowest BCUT2D eigenvalue weighted by Gasteiger charge is -2.21. The van der Waals surface area contributed by atoms with Crippen molar-refractivity contribution in [3.8, 4) is 0 Å². The van der Waals surface area contributed by atoms with Gasteiger partial charge in [0.1, 0.15) is 0 Å². The molecular formula is C9H22N4O. The van der Waals surface area contributed by atoms with Gasteiger partial charge in [-0.25, -0.2) is 0 Å². The molecule has 0 rings (SSSR count). The molecule has 4 N–H and O–H groups in total. The molecule has 84 valence electrons. The molecule has 0 aliphatic carbocycles. The predicted octanol–water partition coefficient (Wildman–Crippen LogP) is -0.705. The zero-order valence-corrected chi connectivity index (χ0v) is 9.50. The number of carbonyl (C=O) groups is 1. The third kappa shape index (κ3) is 6.82. The maximum absolute atomic E-state index is 11.4. The summed E-state index contributed by atoms with van der Waals surface area (Å²) in [5, 5.41) is 4.63. The van der Waals surface area contributed by atoms with Crippen LogP contribution in [0, 0.1) is 0 Å². The van der Waals surface area contributed by atoms with Crippen molar-refractivity contribution < 1.29 is 4.79 Å². The van der Waals surface area contributed by atoms with Crippen LogP contribution in [0.15, 0.2) is 0 Å². The normalized spacial score (nSPS) is 13.4. The van der Waals surface area contributed by atoms with E-state index in [1.165, 1.54) is 0 Å². The Hall–Kier alpha value is -0.650. The van der Waals surface area contributed by atoms with E-state index in [-0.39, 0.29) is 18.0 Å². The van der Waals surface area contributed by atoms with E-state index in [4.69, 9.17) is 5.73 Å². The lowest BCUT2D eigenvalue weighted by molar-refractivity contribution is -0.122. The number of amides is 1. The highest BCUT2D eigenvalue weighted by molar-refractivity contribution is 5.76. The van der Waals surface area contributed by atoms with Gasteiger partial charge in [-0.15, -0.1) is 0 Å². The minimum Gasteiger partial charge on any atom is -0.354 e. The van der Waals surface area contributed by atoms with E-state index >= 15 is 0 Å². The second kappa shape index (κ2) is 6.75. The van der Waals surface area contributed by atoms with E-state index in [0.29, 0.717) is 13.0 Å². The summed E-state index contributed by atoms with van der Waals surface area (Å²) in [5.74, 6) is 0.0322. The summed E-state index contributed by atoms with van der Waals surface area (Å²) in [7, 11) is 3.76. The molecule has 0 heterocycles. The molecule has 0 saturated carbocycles. The average molecular weight is 202 g/mol. The SMILES string of the molecule is CC(C)NC(=O)CC(CN)NN(C)C. The Morgan fingerprint density at radius 3 is 2.36 bits per heavy atom. The van der Waals surface area contributed by atoms with Crippen LogP contribution in [0.2, 0.25) is 0 Å². The van der Waals surface area contributed by atoms with Crippen molar-refractivity contribution >= 4 is 5.91 Å². The first kappa shape index (κ1) is 13.4. The van der Waals surface area contributed by atoms with Crippen LogP contribution in [-0.4, -0.2) is 43.6 Å². The first-order valence-electron chi connectivity index (χ1n) is 4.88. The standard InChI is InChI=1S/C9H22N4O/c1-7(2)11-9(14)5-8(6-10)12-13(3)4/h7-8,12H,5-6,10H2,1-4H3,(H,11,14). The fourth-order valence-corrected chi connectivity index (χ4v) is 1.15. The van der Waals surface area contributed by atoms with Crippen LogP contribution in [0.5, 0.6) is 0 Å². The largest absolute Gasteiger partial charge is 0.354 e. The van der Waals surface area contributed by atoms with Crippen molar-refractivity contribution in [3.63, 3.8) is 0 Å². The van der Waals surface area contributed by atoms with Gasteiger partial charge in [-0.2, -0.15) is 0 Å². The number of hydrogen-bond acceptors (Lipinski definition) is 4. The molecule has 0 aromatic carbocycles. The molecule has 1 unspecified atom stereocenters. The third-order valence-corrected chi connectivity index (χ3v) is 1.61. The molecule has 0 aliphatic rings. The predicted molar refractivity (Wildman–Crippen MR) is 57.6 cm³/mol. The Morgan fingerprint density at radius 1 is 1.43 bits per heavy atom. The molecule has 0 aromatic rings. The van der Waals surface area contributed by atoms with Crippen LogP contribution < -0.4 is 16.5 Å². The lowest BCUT2D eigenvalue weighted by Crippen LogP contribution is -2.47. The van der Waals surface area contributed by atoms with Gasteiger partial charge in [0.2, 0.25) is 5.91 Å². The van der Waals surface area contributed by atoms with E-state index in [1.807, 2.05) is 27.9 Å². The van der Waals surface area contributed by atoms with Gasteiger partial charge in [0.15, 0.2) is 0 Å². The second-order valence-corrected chi connectivity index (χ2v) is 3.88. The summed E-state index contributed by atoms with van der Waals surface area (Å²) in [4.78, 5) is 11.4. The molecule has 5 heteroatoms. The molecule has 0 bridgehead atoms. The van der Waals surface area contributed by atoms with Crippen molar-refractivity contribution in [3.05, 3.63) is 0 Å². The molecule has 5 nitrogen and oxygen atoms in total. The van der Waals surface area contributed by atoms with Gasteiger partial charge < -0.3 is 11.1 Å². The molecule has 1 atom stereocenters. The minimum atomic E-state index is 0.00347. The molecule has 0 saturated heterocycles. The number of rotatable bonds is 6. The Balaban J connectivity index is 3.86. The first-order valence-corrected chi connectivity index (χ1v) is 4.88. The fraction of sp³-hybridized carbons (Fsp3) is 0.889. The second-order valence-electron chi connectivity index (χ2n) is 3.88. The first-order chi connectivity index (χ1) is 6.45. The van der Waals surface area contributed by atoms with Crippen LogP contribution in [0.1, 0.15) is 20.3 Å². The van der Waals surface area contributed by atoms with E-state index in [2.05, 4.69) is 10.7 Å². The number of carbonyl (C=O) groups excluding carboxylic acids is 1. The van der Waals surface area contributed by atoms with Gasteiger partial charge in [0.25, 0.3) is 0 Å². The highest BCUT2D eigenvalue weighted by atomic mass is 16.1. The Morgan fingerprint density at radius 2 is 2.00 bits per heavy atom. The number of hydrogen-bond donors (Lipinski definition) is 3. The molecule has 0 spiro atoms. The Bertz CT molecular complexity index is 170. The van der Waals surface area contributed by atoms with Gasteiger partial charge in [-0.05, 0) is 13.8 Å². The number of nitrogens with one attached hydrogen (secondary N) is 2. The van der Waals surface area contributed by atoms with Crippen molar-refractivity contribution in [2.75, 3.05) is 20.6 Å². The van der Waals surface area contributed by atoms with E-state index in [0.717, 1.165) is 0 Å². The summed E-state index contributed by atoms with van der Waals surface area (Å²) in [6.45, 7) is 4.33. The molecule has 14 heavy (non-hydrogen) atoms. The molecule has 0 radical (unpaired) electrons. The van der Waals surface area contributed by atoms with Crippen molar-refractivity contribution in [2.24, 2.45) is 5.73 Å². The summed E-state index contributed by atoms with van der Waals surface area (Å²) in [5.41, 5.74) is 8.61. The third-order valence-electron chi connectivity index (χ3n) is 1.61. The maximum atomic E-state index is 11.4.